The van der Waals surface area contributed by atoms with Crippen molar-refractivity contribution < 1.29 is 23.5 Å². The van der Waals surface area contributed by atoms with E-state index >= 15 is 0 Å². The van der Waals surface area contributed by atoms with Gasteiger partial charge in [-0.15, -0.1) is 0 Å². The average Bonchev–Trinajstić information content (AvgIpc) is 3.30. The highest BCUT2D eigenvalue weighted by Crippen LogP contribution is 2.28. The second kappa shape index (κ2) is 8.57. The Kier molecular flexibility index (Phi) is 5.70. The summed E-state index contributed by atoms with van der Waals surface area (Å²) in [5.74, 6) is -0.682. The first-order chi connectivity index (χ1) is 14.5. The number of hydrogen-bond donors (Lipinski definition) is 1. The summed E-state index contributed by atoms with van der Waals surface area (Å²) in [7, 11) is 0. The van der Waals surface area contributed by atoms with Gasteiger partial charge in [0.2, 0.25) is 0 Å². The number of fused-ring (bicyclic) bond motifs is 1. The molecule has 156 valence electrons. The van der Waals surface area contributed by atoms with Crippen LogP contribution in [0, 0.1) is 5.82 Å². The van der Waals surface area contributed by atoms with Gasteiger partial charge in [0.05, 0.1) is 6.54 Å². The standard InChI is InChI=1S/C23H23FN2O4/c1-15(27)30-20-11-19(9-17-12-25-22-10-18(24)7-8-21(17)22)26(13-20)23(28)29-14-16-5-3-2-4-6-16/h2-8,10,12,19-20,25H,9,11,13-14H2,1H3/t19-,20+/m1/s1. The van der Waals surface area contributed by atoms with Crippen LogP contribution in [0.1, 0.15) is 24.5 Å². The molecule has 3 aromatic rings. The quantitative estimate of drug-likeness (QED) is 0.640. The fourth-order valence-corrected chi connectivity index (χ4v) is 3.99. The third kappa shape index (κ3) is 4.45. The lowest BCUT2D eigenvalue weighted by Gasteiger charge is -2.23. The molecule has 2 heterocycles. The molecule has 30 heavy (non-hydrogen) atoms. The molecule has 1 N–H and O–H groups in total. The van der Waals surface area contributed by atoms with E-state index in [1.807, 2.05) is 36.5 Å². The van der Waals surface area contributed by atoms with Gasteiger partial charge in [0.15, 0.2) is 0 Å². The predicted molar refractivity (Wildman–Crippen MR) is 109 cm³/mol. The molecule has 1 aliphatic heterocycles. The first kappa shape index (κ1) is 19.9. The molecule has 0 unspecified atom stereocenters. The van der Waals surface area contributed by atoms with E-state index in [1.54, 1.807) is 11.0 Å². The molecule has 0 radical (unpaired) electrons. The highest BCUT2D eigenvalue weighted by molar-refractivity contribution is 5.83. The first-order valence-electron chi connectivity index (χ1n) is 9.89. The molecule has 0 aliphatic carbocycles. The number of ether oxygens (including phenoxy) is 2. The van der Waals surface area contributed by atoms with E-state index < -0.39 is 6.09 Å². The second-order valence-corrected chi connectivity index (χ2v) is 7.52. The van der Waals surface area contributed by atoms with Gasteiger partial charge in [-0.25, -0.2) is 9.18 Å². The molecule has 1 saturated heterocycles. The average molecular weight is 410 g/mol. The van der Waals surface area contributed by atoms with E-state index in [0.717, 1.165) is 16.5 Å². The van der Waals surface area contributed by atoms with Gasteiger partial charge in [0.25, 0.3) is 0 Å². The first-order valence-corrected chi connectivity index (χ1v) is 9.89. The van der Waals surface area contributed by atoms with Crippen LogP contribution in [0.2, 0.25) is 0 Å². The van der Waals surface area contributed by atoms with Crippen molar-refractivity contribution in [3.05, 3.63) is 71.7 Å². The molecule has 4 rings (SSSR count). The summed E-state index contributed by atoms with van der Waals surface area (Å²) < 4.78 is 24.3. The van der Waals surface area contributed by atoms with Gasteiger partial charge in [-0.3, -0.25) is 4.79 Å². The van der Waals surface area contributed by atoms with Crippen LogP contribution in [-0.4, -0.2) is 40.6 Å². The molecule has 6 nitrogen and oxygen atoms in total. The maximum atomic E-state index is 13.5. The Morgan fingerprint density at radius 1 is 1.20 bits per heavy atom. The fourth-order valence-electron chi connectivity index (χ4n) is 3.99. The molecule has 1 amide bonds. The minimum absolute atomic E-state index is 0.174. The summed E-state index contributed by atoms with van der Waals surface area (Å²) in [6.45, 7) is 1.82. The minimum atomic E-state index is -0.440. The van der Waals surface area contributed by atoms with Crippen LogP contribution in [0.25, 0.3) is 10.9 Å². The summed E-state index contributed by atoms with van der Waals surface area (Å²) in [4.78, 5) is 28.9. The van der Waals surface area contributed by atoms with Crippen molar-refractivity contribution in [2.24, 2.45) is 0 Å². The highest BCUT2D eigenvalue weighted by Gasteiger charge is 2.38. The predicted octanol–water partition coefficient (Wildman–Crippen LogP) is 4.19. The maximum Gasteiger partial charge on any atom is 0.410 e. The Labute approximate surface area is 173 Å². The molecule has 1 aliphatic rings. The summed E-state index contributed by atoms with van der Waals surface area (Å²) in [5, 5.41) is 0.907. The summed E-state index contributed by atoms with van der Waals surface area (Å²) in [6, 6.07) is 13.9. The Balaban J connectivity index is 1.50. The van der Waals surface area contributed by atoms with Gasteiger partial charge in [-0.05, 0) is 35.7 Å². The second-order valence-electron chi connectivity index (χ2n) is 7.52. The molecule has 0 spiro atoms. The van der Waals surface area contributed by atoms with Gasteiger partial charge >= 0.3 is 12.1 Å². The van der Waals surface area contributed by atoms with Crippen LogP contribution >= 0.6 is 0 Å². The van der Waals surface area contributed by atoms with Crippen molar-refractivity contribution >= 4 is 23.0 Å². The van der Waals surface area contributed by atoms with Crippen LogP contribution in [0.15, 0.2) is 54.7 Å². The molecule has 2 atom stereocenters. The van der Waals surface area contributed by atoms with E-state index in [1.165, 1.54) is 19.1 Å². The Bertz CT molecular complexity index is 1050. The van der Waals surface area contributed by atoms with E-state index in [2.05, 4.69) is 4.98 Å². The van der Waals surface area contributed by atoms with Gasteiger partial charge in [-0.1, -0.05) is 30.3 Å². The Morgan fingerprint density at radius 2 is 2.00 bits per heavy atom. The highest BCUT2D eigenvalue weighted by atomic mass is 19.1. The van der Waals surface area contributed by atoms with E-state index in [9.17, 15) is 14.0 Å². The number of hydrogen-bond acceptors (Lipinski definition) is 4. The van der Waals surface area contributed by atoms with Crippen molar-refractivity contribution in [3.8, 4) is 0 Å². The molecule has 0 bridgehead atoms. The van der Waals surface area contributed by atoms with Gasteiger partial charge in [-0.2, -0.15) is 0 Å². The number of benzene rings is 2. The molecular weight excluding hydrogens is 387 g/mol. The number of carbonyl (C=O) groups excluding carboxylic acids is 2. The number of likely N-dealkylation sites (tertiary alicyclic amines) is 1. The lowest BCUT2D eigenvalue weighted by molar-refractivity contribution is -0.145. The maximum absolute atomic E-state index is 13.5. The van der Waals surface area contributed by atoms with Crippen LogP contribution < -0.4 is 0 Å². The summed E-state index contributed by atoms with van der Waals surface area (Å²) in [5.41, 5.74) is 2.58. The Hall–Kier alpha value is -3.35. The topological polar surface area (TPSA) is 71.6 Å². The number of aromatic nitrogens is 1. The fraction of sp³-hybridized carbons (Fsp3) is 0.304. The van der Waals surface area contributed by atoms with E-state index in [0.29, 0.717) is 18.4 Å². The van der Waals surface area contributed by atoms with Crippen molar-refractivity contribution in [2.75, 3.05) is 6.54 Å². The van der Waals surface area contributed by atoms with Gasteiger partial charge < -0.3 is 19.4 Å². The number of carbonyl (C=O) groups is 2. The zero-order chi connectivity index (χ0) is 21.1. The van der Waals surface area contributed by atoms with Gasteiger partial charge in [0, 0.05) is 36.5 Å². The minimum Gasteiger partial charge on any atom is -0.461 e. The SMILES string of the molecule is CC(=O)O[C@H]1C[C@@H](Cc2c[nH]c3cc(F)ccc23)N(C(=O)OCc2ccccc2)C1. The number of esters is 1. The molecule has 7 heteroatoms. The number of H-pyrrole nitrogens is 1. The molecular formula is C23H23FN2O4. The van der Waals surface area contributed by atoms with Crippen molar-refractivity contribution in [2.45, 2.75) is 38.5 Å². The van der Waals surface area contributed by atoms with Crippen LogP contribution in [0.5, 0.6) is 0 Å². The number of nitrogens with one attached hydrogen (secondary N) is 1. The Morgan fingerprint density at radius 3 is 2.77 bits per heavy atom. The van der Waals surface area contributed by atoms with Crippen molar-refractivity contribution in [1.82, 2.24) is 9.88 Å². The summed E-state index contributed by atoms with van der Waals surface area (Å²) in [6.07, 6.45) is 2.08. The lowest BCUT2D eigenvalue weighted by Crippen LogP contribution is -2.37. The zero-order valence-corrected chi connectivity index (χ0v) is 16.6. The summed E-state index contributed by atoms with van der Waals surface area (Å²) >= 11 is 0. The van der Waals surface area contributed by atoms with Crippen LogP contribution in [0.4, 0.5) is 9.18 Å². The van der Waals surface area contributed by atoms with E-state index in [4.69, 9.17) is 9.47 Å². The number of amides is 1. The monoisotopic (exact) mass is 410 g/mol. The van der Waals surface area contributed by atoms with E-state index in [-0.39, 0.29) is 37.1 Å². The van der Waals surface area contributed by atoms with Crippen LogP contribution in [0.3, 0.4) is 0 Å². The number of rotatable bonds is 5. The van der Waals surface area contributed by atoms with Crippen molar-refractivity contribution in [1.29, 1.82) is 0 Å². The third-order valence-corrected chi connectivity index (χ3v) is 5.33. The molecule has 2 aromatic carbocycles. The molecule has 1 aromatic heterocycles. The molecule has 1 fully saturated rings. The van der Waals surface area contributed by atoms with Gasteiger partial charge in [0.1, 0.15) is 18.5 Å². The van der Waals surface area contributed by atoms with Crippen molar-refractivity contribution in [3.63, 3.8) is 0 Å². The molecule has 0 saturated carbocycles. The smallest absolute Gasteiger partial charge is 0.410 e. The number of nitrogens with zero attached hydrogens (tertiary/aromatic N) is 1. The normalized spacial score (nSPS) is 18.5. The zero-order valence-electron chi connectivity index (χ0n) is 16.6. The number of halogens is 1. The lowest BCUT2D eigenvalue weighted by atomic mass is 10.0. The van der Waals surface area contributed by atoms with Crippen LogP contribution in [-0.2, 0) is 27.3 Å². The largest absolute Gasteiger partial charge is 0.461 e. The third-order valence-electron chi connectivity index (χ3n) is 5.33. The number of aromatic amines is 1.